The second-order valence-corrected chi connectivity index (χ2v) is 2.10. The summed E-state index contributed by atoms with van der Waals surface area (Å²) in [5.41, 5.74) is 0. The van der Waals surface area contributed by atoms with Crippen molar-refractivity contribution in [2.24, 2.45) is 0 Å². The van der Waals surface area contributed by atoms with Gasteiger partial charge < -0.3 is 5.32 Å². The molecule has 2 heteroatoms. The summed E-state index contributed by atoms with van der Waals surface area (Å²) in [6.45, 7) is 6.65. The Morgan fingerprint density at radius 2 is 2.11 bits per heavy atom. The summed E-state index contributed by atoms with van der Waals surface area (Å²) >= 11 is 0. The van der Waals surface area contributed by atoms with Crippen molar-refractivity contribution in [1.82, 2.24) is 5.32 Å². The van der Waals surface area contributed by atoms with Crippen molar-refractivity contribution in [3.63, 3.8) is 0 Å². The van der Waals surface area contributed by atoms with Gasteiger partial charge in [-0.25, -0.2) is 0 Å². The summed E-state index contributed by atoms with van der Waals surface area (Å²) in [4.78, 5) is 10.8. The molecule has 0 aliphatic heterocycles. The Labute approximate surface area is 56.6 Å². The highest BCUT2D eigenvalue weighted by Gasteiger charge is 2.06. The van der Waals surface area contributed by atoms with Gasteiger partial charge in [0.25, 0.3) is 0 Å². The predicted molar refractivity (Wildman–Crippen MR) is 38.4 cm³/mol. The lowest BCUT2D eigenvalue weighted by Gasteiger charge is -2.07. The van der Waals surface area contributed by atoms with E-state index in [4.69, 9.17) is 0 Å². The maximum atomic E-state index is 10.8. The molecule has 0 saturated carbocycles. The minimum absolute atomic E-state index is 0.0417. The number of hydrogen-bond acceptors (Lipinski definition) is 2. The molecule has 0 bridgehead atoms. The van der Waals surface area contributed by atoms with Gasteiger partial charge in [0.05, 0.1) is 6.04 Å². The van der Waals surface area contributed by atoms with E-state index in [2.05, 4.69) is 5.32 Å². The third-order valence-electron chi connectivity index (χ3n) is 1.34. The Morgan fingerprint density at radius 3 is 2.44 bits per heavy atom. The Bertz CT molecular complexity index is 90.9. The Hall–Kier alpha value is -0.370. The van der Waals surface area contributed by atoms with Crippen molar-refractivity contribution in [2.75, 3.05) is 6.54 Å². The van der Waals surface area contributed by atoms with Gasteiger partial charge in [0.15, 0.2) is 0 Å². The van der Waals surface area contributed by atoms with Crippen molar-refractivity contribution in [2.45, 2.75) is 33.2 Å². The maximum absolute atomic E-state index is 10.8. The van der Waals surface area contributed by atoms with Crippen molar-refractivity contribution in [3.8, 4) is 0 Å². The number of hydrogen-bond donors (Lipinski definition) is 1. The molecule has 9 heavy (non-hydrogen) atoms. The van der Waals surface area contributed by atoms with Gasteiger partial charge in [0.2, 0.25) is 0 Å². The number of carbonyl (C=O) groups excluding carboxylic acids is 1. The van der Waals surface area contributed by atoms with E-state index in [1.54, 1.807) is 0 Å². The second kappa shape index (κ2) is 4.50. The Kier molecular flexibility index (Phi) is 4.32. The molecule has 1 N–H and O–H groups in total. The zero-order valence-electron chi connectivity index (χ0n) is 6.40. The van der Waals surface area contributed by atoms with Gasteiger partial charge in [0.1, 0.15) is 5.78 Å². The SMILES string of the molecule is CCNC(C)C(=O)CC. The van der Waals surface area contributed by atoms with Crippen molar-refractivity contribution in [3.05, 3.63) is 0 Å². The fraction of sp³-hybridized carbons (Fsp3) is 0.857. The van der Waals surface area contributed by atoms with Crippen LogP contribution in [0, 0.1) is 0 Å². The first-order chi connectivity index (χ1) is 4.22. The van der Waals surface area contributed by atoms with Crippen molar-refractivity contribution in [1.29, 1.82) is 0 Å². The molecule has 0 aromatic rings. The molecule has 1 unspecified atom stereocenters. The minimum atomic E-state index is 0.0417. The highest BCUT2D eigenvalue weighted by atomic mass is 16.1. The average molecular weight is 129 g/mol. The van der Waals surface area contributed by atoms with Gasteiger partial charge in [-0.2, -0.15) is 0 Å². The van der Waals surface area contributed by atoms with E-state index in [9.17, 15) is 4.79 Å². The van der Waals surface area contributed by atoms with E-state index in [0.717, 1.165) is 6.54 Å². The molecule has 54 valence electrons. The topological polar surface area (TPSA) is 29.1 Å². The third-order valence-corrected chi connectivity index (χ3v) is 1.34. The summed E-state index contributed by atoms with van der Waals surface area (Å²) in [6.07, 6.45) is 0.633. The zero-order valence-corrected chi connectivity index (χ0v) is 6.40. The summed E-state index contributed by atoms with van der Waals surface area (Å²) in [7, 11) is 0. The molecule has 0 saturated heterocycles. The fourth-order valence-corrected chi connectivity index (χ4v) is 0.726. The molecule has 0 fully saturated rings. The molecule has 0 aliphatic rings. The molecular weight excluding hydrogens is 114 g/mol. The van der Waals surface area contributed by atoms with E-state index in [1.165, 1.54) is 0 Å². The van der Waals surface area contributed by atoms with Crippen LogP contribution in [0.25, 0.3) is 0 Å². The lowest BCUT2D eigenvalue weighted by atomic mass is 10.2. The Balaban J connectivity index is 3.45. The van der Waals surface area contributed by atoms with E-state index in [-0.39, 0.29) is 11.8 Å². The first-order valence-corrected chi connectivity index (χ1v) is 3.48. The van der Waals surface area contributed by atoms with Gasteiger partial charge in [-0.1, -0.05) is 13.8 Å². The summed E-state index contributed by atoms with van der Waals surface area (Å²) in [5.74, 6) is 0.289. The normalized spacial score (nSPS) is 13.2. The molecule has 0 radical (unpaired) electrons. The molecule has 0 aromatic carbocycles. The number of carbonyl (C=O) groups is 1. The molecule has 0 spiro atoms. The van der Waals surface area contributed by atoms with Gasteiger partial charge in [-0.3, -0.25) is 4.79 Å². The predicted octanol–water partition coefficient (Wildman–Crippen LogP) is 0.964. The smallest absolute Gasteiger partial charge is 0.149 e. The molecular formula is C7H15NO. The van der Waals surface area contributed by atoms with Gasteiger partial charge in [-0.15, -0.1) is 0 Å². The zero-order chi connectivity index (χ0) is 7.28. The highest BCUT2D eigenvalue weighted by Crippen LogP contribution is 1.87. The molecule has 2 nitrogen and oxygen atoms in total. The van der Waals surface area contributed by atoms with Crippen molar-refractivity contribution < 1.29 is 4.79 Å². The van der Waals surface area contributed by atoms with E-state index < -0.39 is 0 Å². The number of Topliss-reactive ketones (excluding diaryl/α,β-unsaturated/α-hetero) is 1. The quantitative estimate of drug-likeness (QED) is 0.612. The van der Waals surface area contributed by atoms with E-state index >= 15 is 0 Å². The molecule has 0 amide bonds. The average Bonchev–Trinajstić information content (AvgIpc) is 1.87. The minimum Gasteiger partial charge on any atom is -0.308 e. The molecule has 1 atom stereocenters. The summed E-state index contributed by atoms with van der Waals surface area (Å²) < 4.78 is 0. The monoisotopic (exact) mass is 129 g/mol. The standard InChI is InChI=1S/C7H15NO/c1-4-7(9)6(3)8-5-2/h6,8H,4-5H2,1-3H3. The molecule has 0 aromatic heterocycles. The number of nitrogens with one attached hydrogen (secondary N) is 1. The van der Waals surface area contributed by atoms with E-state index in [0.29, 0.717) is 6.42 Å². The van der Waals surface area contributed by atoms with Crippen LogP contribution >= 0.6 is 0 Å². The molecule has 0 aliphatic carbocycles. The van der Waals surface area contributed by atoms with Gasteiger partial charge in [0, 0.05) is 6.42 Å². The number of rotatable bonds is 4. The molecule has 0 rings (SSSR count). The first-order valence-electron chi connectivity index (χ1n) is 3.48. The van der Waals surface area contributed by atoms with Crippen LogP contribution in [0.3, 0.4) is 0 Å². The summed E-state index contributed by atoms with van der Waals surface area (Å²) in [6, 6.07) is 0.0417. The van der Waals surface area contributed by atoms with E-state index in [1.807, 2.05) is 20.8 Å². The van der Waals surface area contributed by atoms with Crippen LogP contribution in [-0.2, 0) is 4.79 Å². The number of ketones is 1. The van der Waals surface area contributed by atoms with Crippen LogP contribution in [0.15, 0.2) is 0 Å². The van der Waals surface area contributed by atoms with Crippen LogP contribution in [0.4, 0.5) is 0 Å². The number of likely N-dealkylation sites (N-methyl/N-ethyl adjacent to an activating group) is 1. The van der Waals surface area contributed by atoms with Crippen LogP contribution in [0.5, 0.6) is 0 Å². The van der Waals surface area contributed by atoms with Crippen LogP contribution in [0.2, 0.25) is 0 Å². The van der Waals surface area contributed by atoms with Crippen LogP contribution in [-0.4, -0.2) is 18.4 Å². The lowest BCUT2D eigenvalue weighted by molar-refractivity contribution is -0.120. The third kappa shape index (κ3) is 3.25. The van der Waals surface area contributed by atoms with Crippen LogP contribution in [0.1, 0.15) is 27.2 Å². The maximum Gasteiger partial charge on any atom is 0.149 e. The second-order valence-electron chi connectivity index (χ2n) is 2.10. The largest absolute Gasteiger partial charge is 0.308 e. The van der Waals surface area contributed by atoms with Crippen LogP contribution < -0.4 is 5.32 Å². The fourth-order valence-electron chi connectivity index (χ4n) is 0.726. The first kappa shape index (κ1) is 8.63. The summed E-state index contributed by atoms with van der Waals surface area (Å²) in [5, 5.41) is 3.05. The van der Waals surface area contributed by atoms with Gasteiger partial charge in [-0.05, 0) is 13.5 Å². The Morgan fingerprint density at radius 1 is 1.56 bits per heavy atom. The van der Waals surface area contributed by atoms with Crippen molar-refractivity contribution >= 4 is 5.78 Å². The lowest BCUT2D eigenvalue weighted by Crippen LogP contribution is -2.33. The van der Waals surface area contributed by atoms with Gasteiger partial charge >= 0.3 is 0 Å². The highest BCUT2D eigenvalue weighted by molar-refractivity contribution is 5.83. The molecule has 0 heterocycles.